The standard InChI is InChI=1S/C18H21N5O2/c1-10-14(12(3)24-22-10)4-5-16-21-18(23-25-16)17-11(2)20-9-13-8-19-7-6-15(13)17/h9,19H,4-8H2,1-3H3. The molecule has 4 rings (SSSR count). The van der Waals surface area contributed by atoms with Crippen LogP contribution in [0.1, 0.15) is 39.7 Å². The summed E-state index contributed by atoms with van der Waals surface area (Å²) >= 11 is 0. The molecule has 7 heteroatoms. The van der Waals surface area contributed by atoms with Gasteiger partial charge in [0.15, 0.2) is 0 Å². The molecule has 0 amide bonds. The molecular weight excluding hydrogens is 318 g/mol. The number of aromatic nitrogens is 4. The van der Waals surface area contributed by atoms with Crippen molar-refractivity contribution in [3.05, 3.63) is 45.9 Å². The van der Waals surface area contributed by atoms with E-state index in [9.17, 15) is 0 Å². The summed E-state index contributed by atoms with van der Waals surface area (Å²) in [7, 11) is 0. The SMILES string of the molecule is Cc1noc(C)c1CCc1nc(-c2c(C)ncc3c2CCNC3)no1. The van der Waals surface area contributed by atoms with Gasteiger partial charge in [0, 0.05) is 36.0 Å². The average molecular weight is 339 g/mol. The summed E-state index contributed by atoms with van der Waals surface area (Å²) in [6.45, 7) is 7.67. The number of rotatable bonds is 4. The van der Waals surface area contributed by atoms with Crippen molar-refractivity contribution >= 4 is 0 Å². The fraction of sp³-hybridized carbons (Fsp3) is 0.444. The first-order valence-electron chi connectivity index (χ1n) is 8.56. The third-order valence-electron chi connectivity index (χ3n) is 4.79. The van der Waals surface area contributed by atoms with Crippen molar-refractivity contribution in [1.82, 2.24) is 25.6 Å². The molecule has 130 valence electrons. The van der Waals surface area contributed by atoms with Crippen LogP contribution in [0, 0.1) is 20.8 Å². The summed E-state index contributed by atoms with van der Waals surface area (Å²) in [4.78, 5) is 9.12. The van der Waals surface area contributed by atoms with Gasteiger partial charge in [-0.15, -0.1) is 0 Å². The van der Waals surface area contributed by atoms with Crippen molar-refractivity contribution in [1.29, 1.82) is 0 Å². The average Bonchev–Trinajstić information content (AvgIpc) is 3.20. The molecule has 1 N–H and O–H groups in total. The highest BCUT2D eigenvalue weighted by Crippen LogP contribution is 2.28. The maximum Gasteiger partial charge on any atom is 0.227 e. The Bertz CT molecular complexity index is 893. The van der Waals surface area contributed by atoms with E-state index in [-0.39, 0.29) is 0 Å². The number of hydrogen-bond acceptors (Lipinski definition) is 7. The number of aryl methyl sites for hydroxylation is 4. The van der Waals surface area contributed by atoms with Crippen molar-refractivity contribution < 1.29 is 9.05 Å². The minimum atomic E-state index is 0.626. The van der Waals surface area contributed by atoms with Crippen LogP contribution in [0.3, 0.4) is 0 Å². The molecule has 0 fully saturated rings. The van der Waals surface area contributed by atoms with Crippen molar-refractivity contribution in [2.75, 3.05) is 6.54 Å². The highest BCUT2D eigenvalue weighted by atomic mass is 16.5. The summed E-state index contributed by atoms with van der Waals surface area (Å²) < 4.78 is 10.7. The van der Waals surface area contributed by atoms with E-state index < -0.39 is 0 Å². The maximum atomic E-state index is 5.49. The predicted molar refractivity (Wildman–Crippen MR) is 91.1 cm³/mol. The van der Waals surface area contributed by atoms with Crippen molar-refractivity contribution in [3.8, 4) is 11.4 Å². The second-order valence-electron chi connectivity index (χ2n) is 6.46. The van der Waals surface area contributed by atoms with Crippen LogP contribution in [0.5, 0.6) is 0 Å². The molecule has 0 aliphatic carbocycles. The van der Waals surface area contributed by atoms with Crippen LogP contribution in [0.15, 0.2) is 15.2 Å². The van der Waals surface area contributed by atoms with E-state index in [4.69, 9.17) is 9.05 Å². The first-order chi connectivity index (χ1) is 12.1. The van der Waals surface area contributed by atoms with Crippen LogP contribution in [0.25, 0.3) is 11.4 Å². The fourth-order valence-corrected chi connectivity index (χ4v) is 3.42. The Kier molecular flexibility index (Phi) is 4.09. The van der Waals surface area contributed by atoms with E-state index in [1.54, 1.807) is 0 Å². The van der Waals surface area contributed by atoms with E-state index in [2.05, 4.69) is 25.6 Å². The molecule has 0 saturated heterocycles. The minimum absolute atomic E-state index is 0.626. The number of nitrogens with one attached hydrogen (secondary N) is 1. The summed E-state index contributed by atoms with van der Waals surface area (Å²) in [6, 6.07) is 0. The molecule has 4 heterocycles. The molecule has 1 aliphatic heterocycles. The molecule has 0 radical (unpaired) electrons. The summed E-state index contributed by atoms with van der Waals surface area (Å²) in [5, 5.41) is 11.6. The van der Waals surface area contributed by atoms with Gasteiger partial charge in [0.2, 0.25) is 11.7 Å². The molecule has 0 bridgehead atoms. The van der Waals surface area contributed by atoms with Crippen LogP contribution in [0.2, 0.25) is 0 Å². The first kappa shape index (κ1) is 16.0. The second kappa shape index (κ2) is 6.40. The monoisotopic (exact) mass is 339 g/mol. The number of pyridine rings is 1. The normalized spacial score (nSPS) is 13.9. The van der Waals surface area contributed by atoms with E-state index in [1.165, 1.54) is 11.1 Å². The van der Waals surface area contributed by atoms with Gasteiger partial charge in [0.1, 0.15) is 5.76 Å². The number of hydrogen-bond donors (Lipinski definition) is 1. The van der Waals surface area contributed by atoms with E-state index in [1.807, 2.05) is 27.0 Å². The van der Waals surface area contributed by atoms with Gasteiger partial charge in [-0.25, -0.2) is 0 Å². The van der Waals surface area contributed by atoms with Crippen molar-refractivity contribution in [2.24, 2.45) is 0 Å². The second-order valence-corrected chi connectivity index (χ2v) is 6.46. The van der Waals surface area contributed by atoms with Gasteiger partial charge in [-0.05, 0) is 51.3 Å². The Labute approximate surface area is 145 Å². The van der Waals surface area contributed by atoms with Gasteiger partial charge in [-0.3, -0.25) is 4.98 Å². The molecule has 3 aromatic heterocycles. The molecule has 1 aliphatic rings. The van der Waals surface area contributed by atoms with E-state index >= 15 is 0 Å². The zero-order valence-corrected chi connectivity index (χ0v) is 14.7. The fourth-order valence-electron chi connectivity index (χ4n) is 3.42. The zero-order chi connectivity index (χ0) is 17.4. The summed E-state index contributed by atoms with van der Waals surface area (Å²) in [6.07, 6.45) is 4.34. The molecule has 0 aromatic carbocycles. The number of nitrogens with zero attached hydrogens (tertiary/aromatic N) is 4. The Balaban J connectivity index is 1.60. The number of fused-ring (bicyclic) bond motifs is 1. The lowest BCUT2D eigenvalue weighted by atomic mass is 9.95. The Morgan fingerprint density at radius 3 is 2.76 bits per heavy atom. The molecule has 3 aromatic rings. The van der Waals surface area contributed by atoms with E-state index in [0.717, 1.165) is 54.2 Å². The molecule has 0 atom stereocenters. The maximum absolute atomic E-state index is 5.49. The van der Waals surface area contributed by atoms with Gasteiger partial charge in [-0.1, -0.05) is 10.3 Å². The Morgan fingerprint density at radius 1 is 1.08 bits per heavy atom. The molecule has 7 nitrogen and oxygen atoms in total. The van der Waals surface area contributed by atoms with Gasteiger partial charge in [-0.2, -0.15) is 4.98 Å². The third-order valence-corrected chi connectivity index (χ3v) is 4.79. The third kappa shape index (κ3) is 2.95. The van der Waals surface area contributed by atoms with Crippen molar-refractivity contribution in [3.63, 3.8) is 0 Å². The molecular formula is C18H21N5O2. The molecule has 25 heavy (non-hydrogen) atoms. The minimum Gasteiger partial charge on any atom is -0.361 e. The van der Waals surface area contributed by atoms with Gasteiger partial charge >= 0.3 is 0 Å². The van der Waals surface area contributed by atoms with Crippen LogP contribution in [-0.4, -0.2) is 26.8 Å². The summed E-state index contributed by atoms with van der Waals surface area (Å²) in [5.41, 5.74) is 6.49. The van der Waals surface area contributed by atoms with Gasteiger partial charge in [0.25, 0.3) is 0 Å². The van der Waals surface area contributed by atoms with Crippen LogP contribution >= 0.6 is 0 Å². The largest absolute Gasteiger partial charge is 0.361 e. The molecule has 0 saturated carbocycles. The zero-order valence-electron chi connectivity index (χ0n) is 14.7. The molecule has 0 unspecified atom stereocenters. The lowest BCUT2D eigenvalue weighted by Crippen LogP contribution is -2.24. The topological polar surface area (TPSA) is 89.9 Å². The highest BCUT2D eigenvalue weighted by molar-refractivity contribution is 5.64. The first-order valence-corrected chi connectivity index (χ1v) is 8.56. The van der Waals surface area contributed by atoms with Gasteiger partial charge in [0.05, 0.1) is 5.69 Å². The summed E-state index contributed by atoms with van der Waals surface area (Å²) in [5.74, 6) is 2.11. The van der Waals surface area contributed by atoms with Crippen LogP contribution in [0.4, 0.5) is 0 Å². The van der Waals surface area contributed by atoms with Crippen LogP contribution < -0.4 is 5.32 Å². The van der Waals surface area contributed by atoms with Gasteiger partial charge < -0.3 is 14.4 Å². The predicted octanol–water partition coefficient (Wildman–Crippen LogP) is 2.48. The smallest absolute Gasteiger partial charge is 0.227 e. The highest BCUT2D eigenvalue weighted by Gasteiger charge is 2.21. The lowest BCUT2D eigenvalue weighted by molar-refractivity contribution is 0.377. The van der Waals surface area contributed by atoms with E-state index in [0.29, 0.717) is 18.1 Å². The van der Waals surface area contributed by atoms with Crippen LogP contribution in [-0.2, 0) is 25.8 Å². The lowest BCUT2D eigenvalue weighted by Gasteiger charge is -2.19. The Morgan fingerprint density at radius 2 is 1.96 bits per heavy atom. The van der Waals surface area contributed by atoms with Crippen molar-refractivity contribution in [2.45, 2.75) is 46.6 Å². The Hall–Kier alpha value is -2.54. The quantitative estimate of drug-likeness (QED) is 0.781. The molecule has 0 spiro atoms.